The summed E-state index contributed by atoms with van der Waals surface area (Å²) in [4.78, 5) is 10.2. The monoisotopic (exact) mass is 243 g/mol. The van der Waals surface area contributed by atoms with Crippen molar-refractivity contribution in [2.24, 2.45) is 0 Å². The van der Waals surface area contributed by atoms with Crippen LogP contribution in [0.2, 0.25) is 0 Å². The molecule has 0 radical (unpaired) electrons. The van der Waals surface area contributed by atoms with E-state index >= 15 is 0 Å². The van der Waals surface area contributed by atoms with Gasteiger partial charge >= 0.3 is 5.97 Å². The molecule has 6 heteroatoms. The highest BCUT2D eigenvalue weighted by Gasteiger charge is 2.35. The van der Waals surface area contributed by atoms with Gasteiger partial charge in [0, 0.05) is 6.42 Å². The molecule has 17 heavy (non-hydrogen) atoms. The highest BCUT2D eigenvalue weighted by atomic mass is 19.3. The lowest BCUT2D eigenvalue weighted by atomic mass is 10.0. The number of hydrogen-bond acceptors (Lipinski definition) is 2. The average molecular weight is 243 g/mol. The third-order valence-corrected chi connectivity index (χ3v) is 2.14. The molecule has 0 aliphatic rings. The molecule has 0 atom stereocenters. The molecule has 1 aromatic carbocycles. The molecule has 3 nitrogen and oxygen atoms in total. The van der Waals surface area contributed by atoms with Crippen LogP contribution in [0.1, 0.15) is 24.0 Å². The molecule has 0 bridgehead atoms. The zero-order valence-electron chi connectivity index (χ0n) is 8.58. The van der Waals surface area contributed by atoms with E-state index in [4.69, 9.17) is 10.4 Å². The van der Waals surface area contributed by atoms with E-state index in [0.29, 0.717) is 0 Å². The lowest BCUT2D eigenvalue weighted by Crippen LogP contribution is -2.17. The predicted molar refractivity (Wildman–Crippen MR) is 51.9 cm³/mol. The molecule has 1 aromatic rings. The minimum Gasteiger partial charge on any atom is -0.481 e. The molecule has 1 N–H and O–H groups in total. The lowest BCUT2D eigenvalue weighted by molar-refractivity contribution is -0.139. The Morgan fingerprint density at radius 3 is 2.65 bits per heavy atom. The number of aliphatic carboxylic acids is 1. The Morgan fingerprint density at radius 1 is 1.47 bits per heavy atom. The normalized spacial score (nSPS) is 10.9. The summed E-state index contributed by atoms with van der Waals surface area (Å²) < 4.78 is 40.2. The number of carboxylic acid groups (broad SMARTS) is 1. The van der Waals surface area contributed by atoms with Crippen LogP contribution in [0.25, 0.3) is 0 Å². The molecule has 0 unspecified atom stereocenters. The molecular weight excluding hydrogens is 235 g/mol. The molecule has 0 amide bonds. The number of nitriles is 1. The van der Waals surface area contributed by atoms with Gasteiger partial charge in [0.25, 0.3) is 5.92 Å². The minimum absolute atomic E-state index is 0.101. The molecule has 0 heterocycles. The van der Waals surface area contributed by atoms with Gasteiger partial charge in [0.15, 0.2) is 0 Å². The molecule has 0 aliphatic heterocycles. The fourth-order valence-corrected chi connectivity index (χ4v) is 1.27. The van der Waals surface area contributed by atoms with Crippen molar-refractivity contribution in [1.82, 2.24) is 0 Å². The van der Waals surface area contributed by atoms with E-state index in [9.17, 15) is 18.0 Å². The van der Waals surface area contributed by atoms with Crippen molar-refractivity contribution in [3.63, 3.8) is 0 Å². The van der Waals surface area contributed by atoms with Gasteiger partial charge in [-0.2, -0.15) is 5.26 Å². The van der Waals surface area contributed by atoms with Crippen molar-refractivity contribution in [1.29, 1.82) is 5.26 Å². The summed E-state index contributed by atoms with van der Waals surface area (Å²) in [6.45, 7) is 0. The zero-order chi connectivity index (χ0) is 13.1. The zero-order valence-corrected chi connectivity index (χ0v) is 8.58. The maximum absolute atomic E-state index is 13.5. The SMILES string of the molecule is N#Cc1ccc(F)c(C(F)(F)CCC(=O)O)c1. The first kappa shape index (κ1) is 13.0. The van der Waals surface area contributed by atoms with E-state index in [0.717, 1.165) is 18.2 Å². The van der Waals surface area contributed by atoms with Gasteiger partial charge in [-0.15, -0.1) is 0 Å². The van der Waals surface area contributed by atoms with Gasteiger partial charge in [-0.05, 0) is 18.2 Å². The van der Waals surface area contributed by atoms with Gasteiger partial charge in [-0.1, -0.05) is 0 Å². The Balaban J connectivity index is 3.05. The Kier molecular flexibility index (Phi) is 3.73. The fraction of sp³-hybridized carbons (Fsp3) is 0.273. The molecule has 1 rings (SSSR count). The number of nitrogens with zero attached hydrogens (tertiary/aromatic N) is 1. The third kappa shape index (κ3) is 3.21. The van der Waals surface area contributed by atoms with Gasteiger partial charge in [0.1, 0.15) is 5.82 Å². The lowest BCUT2D eigenvalue weighted by Gasteiger charge is -2.16. The Labute approximate surface area is 95.1 Å². The van der Waals surface area contributed by atoms with Gasteiger partial charge in [-0.3, -0.25) is 4.79 Å². The van der Waals surface area contributed by atoms with Crippen molar-refractivity contribution in [2.75, 3.05) is 0 Å². The van der Waals surface area contributed by atoms with E-state index in [1.807, 2.05) is 0 Å². The van der Waals surface area contributed by atoms with Crippen LogP contribution in [0.3, 0.4) is 0 Å². The van der Waals surface area contributed by atoms with Crippen LogP contribution < -0.4 is 0 Å². The van der Waals surface area contributed by atoms with Crippen molar-refractivity contribution in [3.05, 3.63) is 35.1 Å². The van der Waals surface area contributed by atoms with Gasteiger partial charge in [-0.25, -0.2) is 13.2 Å². The summed E-state index contributed by atoms with van der Waals surface area (Å²) in [5.41, 5.74) is -1.05. The first-order chi connectivity index (χ1) is 7.86. The largest absolute Gasteiger partial charge is 0.481 e. The average Bonchev–Trinajstić information content (AvgIpc) is 2.27. The Bertz CT molecular complexity index is 480. The summed E-state index contributed by atoms with van der Waals surface area (Å²) in [6.07, 6.45) is -1.78. The van der Waals surface area contributed by atoms with E-state index < -0.39 is 36.1 Å². The molecule has 0 aromatic heterocycles. The topological polar surface area (TPSA) is 61.1 Å². The van der Waals surface area contributed by atoms with Crippen LogP contribution in [0.5, 0.6) is 0 Å². The molecular formula is C11H8F3NO2. The number of alkyl halides is 2. The summed E-state index contributed by atoms with van der Waals surface area (Å²) in [5.74, 6) is -6.14. The van der Waals surface area contributed by atoms with E-state index in [1.54, 1.807) is 6.07 Å². The Morgan fingerprint density at radius 2 is 2.12 bits per heavy atom. The number of carbonyl (C=O) groups is 1. The molecule has 0 fully saturated rings. The summed E-state index contributed by atoms with van der Waals surface area (Å²) in [5, 5.41) is 16.8. The molecule has 0 saturated carbocycles. The fourth-order valence-electron chi connectivity index (χ4n) is 1.27. The van der Waals surface area contributed by atoms with Crippen LogP contribution in [0.15, 0.2) is 18.2 Å². The number of rotatable bonds is 4. The Hall–Kier alpha value is -2.03. The number of halogens is 3. The van der Waals surface area contributed by atoms with Crippen LogP contribution in [0.4, 0.5) is 13.2 Å². The second kappa shape index (κ2) is 4.87. The quantitative estimate of drug-likeness (QED) is 0.884. The van der Waals surface area contributed by atoms with E-state index in [2.05, 4.69) is 0 Å². The maximum atomic E-state index is 13.5. The van der Waals surface area contributed by atoms with E-state index in [-0.39, 0.29) is 5.56 Å². The van der Waals surface area contributed by atoms with Crippen LogP contribution >= 0.6 is 0 Å². The predicted octanol–water partition coefficient (Wildman–Crippen LogP) is 2.65. The molecule has 0 spiro atoms. The van der Waals surface area contributed by atoms with E-state index in [1.165, 1.54) is 0 Å². The van der Waals surface area contributed by atoms with Crippen molar-refractivity contribution >= 4 is 5.97 Å². The summed E-state index contributed by atoms with van der Waals surface area (Å²) in [7, 11) is 0. The van der Waals surface area contributed by atoms with Gasteiger partial charge in [0.05, 0.1) is 23.6 Å². The second-order valence-electron chi connectivity index (χ2n) is 3.40. The van der Waals surface area contributed by atoms with Crippen LogP contribution in [0, 0.1) is 17.1 Å². The second-order valence-corrected chi connectivity index (χ2v) is 3.40. The summed E-state index contributed by atoms with van der Waals surface area (Å²) >= 11 is 0. The number of benzene rings is 1. The standard InChI is InChI=1S/C11H8F3NO2/c12-9-2-1-7(6-15)5-8(9)11(13,14)4-3-10(16)17/h1-2,5H,3-4H2,(H,16,17). The van der Waals surface area contributed by atoms with Crippen molar-refractivity contribution in [2.45, 2.75) is 18.8 Å². The van der Waals surface area contributed by atoms with Crippen LogP contribution in [-0.4, -0.2) is 11.1 Å². The van der Waals surface area contributed by atoms with Crippen LogP contribution in [-0.2, 0) is 10.7 Å². The van der Waals surface area contributed by atoms with Gasteiger partial charge in [0.2, 0.25) is 0 Å². The maximum Gasteiger partial charge on any atom is 0.303 e. The highest BCUT2D eigenvalue weighted by molar-refractivity contribution is 5.66. The van der Waals surface area contributed by atoms with Crippen molar-refractivity contribution in [3.8, 4) is 6.07 Å². The molecule has 0 saturated heterocycles. The number of carboxylic acids is 1. The third-order valence-electron chi connectivity index (χ3n) is 2.14. The minimum atomic E-state index is -3.60. The highest BCUT2D eigenvalue weighted by Crippen LogP contribution is 2.34. The first-order valence-corrected chi connectivity index (χ1v) is 4.66. The molecule has 90 valence electrons. The van der Waals surface area contributed by atoms with Gasteiger partial charge < -0.3 is 5.11 Å². The summed E-state index contributed by atoms with van der Waals surface area (Å²) in [6, 6.07) is 4.19. The molecule has 0 aliphatic carbocycles. The number of hydrogen-bond donors (Lipinski definition) is 1. The first-order valence-electron chi connectivity index (χ1n) is 4.66. The smallest absolute Gasteiger partial charge is 0.303 e. The van der Waals surface area contributed by atoms with Crippen molar-refractivity contribution < 1.29 is 23.1 Å².